The quantitative estimate of drug-likeness (QED) is 0.280. The largest absolute Gasteiger partial charge is 0.493 e. The van der Waals surface area contributed by atoms with Crippen molar-refractivity contribution in [3.8, 4) is 11.5 Å². The topological polar surface area (TPSA) is 88.7 Å². The van der Waals surface area contributed by atoms with Gasteiger partial charge >= 0.3 is 0 Å². The molecular formula is C21H23Cl2N3O4S. The molecule has 166 valence electrons. The smallest absolute Gasteiger partial charge is 0.261 e. The maximum Gasteiger partial charge on any atom is 0.261 e. The van der Waals surface area contributed by atoms with Crippen LogP contribution in [0.5, 0.6) is 11.5 Å². The van der Waals surface area contributed by atoms with Crippen molar-refractivity contribution in [2.45, 2.75) is 26.2 Å². The maximum absolute atomic E-state index is 12.4. The number of hydrogen-bond donors (Lipinski definition) is 3. The first-order chi connectivity index (χ1) is 14.9. The number of thiocarbonyl (C=S) groups is 1. The molecule has 0 fully saturated rings. The zero-order chi connectivity index (χ0) is 22.6. The van der Waals surface area contributed by atoms with E-state index >= 15 is 0 Å². The van der Waals surface area contributed by atoms with E-state index < -0.39 is 5.91 Å². The lowest BCUT2D eigenvalue weighted by molar-refractivity contribution is -0.121. The van der Waals surface area contributed by atoms with Crippen molar-refractivity contribution in [1.82, 2.24) is 16.2 Å². The van der Waals surface area contributed by atoms with Crippen LogP contribution < -0.4 is 25.6 Å². The Balaban J connectivity index is 1.70. The molecule has 31 heavy (non-hydrogen) atoms. The summed E-state index contributed by atoms with van der Waals surface area (Å²) >= 11 is 16.9. The summed E-state index contributed by atoms with van der Waals surface area (Å²) < 4.78 is 11.1. The van der Waals surface area contributed by atoms with Crippen molar-refractivity contribution in [3.63, 3.8) is 0 Å². The van der Waals surface area contributed by atoms with Crippen LogP contribution in [0.15, 0.2) is 42.5 Å². The number of carbonyl (C=O) groups excluding carboxylic acids is 2. The molecule has 0 saturated carbocycles. The molecule has 0 spiro atoms. The number of hydrazine groups is 1. The fraction of sp³-hybridized carbons (Fsp3) is 0.286. The van der Waals surface area contributed by atoms with E-state index in [0.717, 1.165) is 6.42 Å². The highest BCUT2D eigenvalue weighted by atomic mass is 35.5. The second-order valence-electron chi connectivity index (χ2n) is 6.33. The predicted molar refractivity (Wildman–Crippen MR) is 125 cm³/mol. The molecule has 0 aliphatic carbocycles. The van der Waals surface area contributed by atoms with E-state index in [1.807, 2.05) is 6.92 Å². The fourth-order valence-electron chi connectivity index (χ4n) is 2.39. The van der Waals surface area contributed by atoms with Gasteiger partial charge in [0.2, 0.25) is 5.91 Å². The van der Waals surface area contributed by atoms with Crippen LogP contribution in [0.1, 0.15) is 36.5 Å². The van der Waals surface area contributed by atoms with Gasteiger partial charge in [-0.3, -0.25) is 25.8 Å². The molecule has 10 heteroatoms. The molecule has 0 atom stereocenters. The number of hydrogen-bond acceptors (Lipinski definition) is 5. The molecule has 2 amide bonds. The molecule has 0 bridgehead atoms. The summed E-state index contributed by atoms with van der Waals surface area (Å²) in [6.07, 6.45) is 1.45. The lowest BCUT2D eigenvalue weighted by atomic mass is 10.2. The van der Waals surface area contributed by atoms with E-state index in [9.17, 15) is 9.59 Å². The van der Waals surface area contributed by atoms with E-state index in [2.05, 4.69) is 16.2 Å². The van der Waals surface area contributed by atoms with Crippen molar-refractivity contribution in [2.75, 3.05) is 13.2 Å². The monoisotopic (exact) mass is 483 g/mol. The Hall–Kier alpha value is -2.55. The number of nitrogens with one attached hydrogen (secondary N) is 3. The highest BCUT2D eigenvalue weighted by Crippen LogP contribution is 2.27. The van der Waals surface area contributed by atoms with Crippen molar-refractivity contribution < 1.29 is 19.1 Å². The molecule has 7 nitrogen and oxygen atoms in total. The van der Waals surface area contributed by atoms with Gasteiger partial charge in [-0.1, -0.05) is 42.3 Å². The molecule has 0 radical (unpaired) electrons. The minimum absolute atomic E-state index is 0.0344. The second kappa shape index (κ2) is 13.0. The number of benzene rings is 2. The predicted octanol–water partition coefficient (Wildman–Crippen LogP) is 4.28. The third-order valence-electron chi connectivity index (χ3n) is 3.84. The number of amides is 2. The summed E-state index contributed by atoms with van der Waals surface area (Å²) in [4.78, 5) is 24.3. The van der Waals surface area contributed by atoms with E-state index in [0.29, 0.717) is 46.7 Å². The van der Waals surface area contributed by atoms with Crippen LogP contribution in [-0.4, -0.2) is 30.1 Å². The van der Waals surface area contributed by atoms with Gasteiger partial charge in [-0.05, 0) is 55.4 Å². The van der Waals surface area contributed by atoms with Gasteiger partial charge in [0.05, 0.1) is 23.8 Å². The zero-order valence-corrected chi connectivity index (χ0v) is 19.2. The van der Waals surface area contributed by atoms with E-state index in [4.69, 9.17) is 44.9 Å². The molecule has 0 aliphatic rings. The van der Waals surface area contributed by atoms with Gasteiger partial charge in [0.1, 0.15) is 11.5 Å². The highest BCUT2D eigenvalue weighted by Gasteiger charge is 2.13. The van der Waals surface area contributed by atoms with Crippen molar-refractivity contribution in [1.29, 1.82) is 0 Å². The Kier molecular flexibility index (Phi) is 10.4. The van der Waals surface area contributed by atoms with Crippen LogP contribution in [0, 0.1) is 0 Å². The van der Waals surface area contributed by atoms with Crippen LogP contribution >= 0.6 is 35.4 Å². The van der Waals surface area contributed by atoms with Gasteiger partial charge in [0, 0.05) is 11.4 Å². The molecule has 0 unspecified atom stereocenters. The summed E-state index contributed by atoms with van der Waals surface area (Å²) in [6.45, 7) is 2.77. The Morgan fingerprint density at radius 1 is 1.00 bits per heavy atom. The normalized spacial score (nSPS) is 10.2. The van der Waals surface area contributed by atoms with E-state index in [1.165, 1.54) is 0 Å². The van der Waals surface area contributed by atoms with E-state index in [1.54, 1.807) is 42.5 Å². The Morgan fingerprint density at radius 3 is 2.48 bits per heavy atom. The molecule has 0 aliphatic heterocycles. The minimum Gasteiger partial charge on any atom is -0.493 e. The molecule has 0 heterocycles. The average molecular weight is 484 g/mol. The summed E-state index contributed by atoms with van der Waals surface area (Å²) in [5.74, 6) is 0.215. The number of ether oxygens (including phenoxy) is 2. The minimum atomic E-state index is -0.438. The third kappa shape index (κ3) is 8.61. The standard InChI is InChI=1S/C21H23Cl2N3O4S/c1-2-11-29-17-7-4-3-6-15(17)20(28)24-21(31)26-25-19(27)8-5-12-30-18-10-9-14(22)13-16(18)23/h3-4,6-7,9-10,13H,2,5,8,11-12H2,1H3,(H,25,27)(H2,24,26,28,31). The Bertz CT molecular complexity index is 927. The van der Waals surface area contributed by atoms with Gasteiger partial charge in [-0.2, -0.15) is 0 Å². The van der Waals surface area contributed by atoms with Gasteiger partial charge in [0.25, 0.3) is 5.91 Å². The van der Waals surface area contributed by atoms with Gasteiger partial charge in [0.15, 0.2) is 5.11 Å². The lowest BCUT2D eigenvalue weighted by Gasteiger charge is -2.13. The SMILES string of the molecule is CCCOc1ccccc1C(=O)NC(=S)NNC(=O)CCCOc1ccc(Cl)cc1Cl. The summed E-state index contributed by atoms with van der Waals surface area (Å²) in [5, 5.41) is 3.39. The number of rotatable bonds is 9. The van der Waals surface area contributed by atoms with Gasteiger partial charge in [-0.25, -0.2) is 0 Å². The molecule has 0 saturated heterocycles. The van der Waals surface area contributed by atoms with Crippen molar-refractivity contribution >= 4 is 52.3 Å². The van der Waals surface area contributed by atoms with Crippen molar-refractivity contribution in [2.24, 2.45) is 0 Å². The Labute approximate surface area is 196 Å². The highest BCUT2D eigenvalue weighted by molar-refractivity contribution is 7.80. The first-order valence-electron chi connectivity index (χ1n) is 9.60. The maximum atomic E-state index is 12.4. The van der Waals surface area contributed by atoms with Crippen LogP contribution in [0.25, 0.3) is 0 Å². The molecular weight excluding hydrogens is 461 g/mol. The van der Waals surface area contributed by atoms with Crippen LogP contribution in [0.3, 0.4) is 0 Å². The summed E-state index contributed by atoms with van der Waals surface area (Å²) in [7, 11) is 0. The molecule has 3 N–H and O–H groups in total. The molecule has 2 rings (SSSR count). The van der Waals surface area contributed by atoms with Crippen LogP contribution in [-0.2, 0) is 4.79 Å². The van der Waals surface area contributed by atoms with Gasteiger partial charge < -0.3 is 9.47 Å². The van der Waals surface area contributed by atoms with Crippen LogP contribution in [0.4, 0.5) is 0 Å². The van der Waals surface area contributed by atoms with E-state index in [-0.39, 0.29) is 17.4 Å². The first kappa shape index (κ1) is 24.7. The fourth-order valence-corrected chi connectivity index (χ4v) is 3.00. The molecule has 2 aromatic rings. The number of halogens is 2. The Morgan fingerprint density at radius 2 is 1.74 bits per heavy atom. The first-order valence-corrected chi connectivity index (χ1v) is 10.8. The zero-order valence-electron chi connectivity index (χ0n) is 16.9. The molecule has 2 aromatic carbocycles. The summed E-state index contributed by atoms with van der Waals surface area (Å²) in [5.41, 5.74) is 5.28. The third-order valence-corrected chi connectivity index (χ3v) is 4.57. The second-order valence-corrected chi connectivity index (χ2v) is 7.58. The number of carbonyl (C=O) groups is 2. The summed E-state index contributed by atoms with van der Waals surface area (Å²) in [6, 6.07) is 11.8. The average Bonchev–Trinajstić information content (AvgIpc) is 2.75. The van der Waals surface area contributed by atoms with Crippen LogP contribution in [0.2, 0.25) is 10.0 Å². The number of para-hydroxylation sites is 1. The van der Waals surface area contributed by atoms with Gasteiger partial charge in [-0.15, -0.1) is 0 Å². The molecule has 0 aromatic heterocycles. The van der Waals surface area contributed by atoms with Crippen molar-refractivity contribution in [3.05, 3.63) is 58.1 Å². The lowest BCUT2D eigenvalue weighted by Crippen LogP contribution is -2.48.